The third kappa shape index (κ3) is 3.87. The van der Waals surface area contributed by atoms with E-state index in [-0.39, 0.29) is 6.54 Å². The summed E-state index contributed by atoms with van der Waals surface area (Å²) in [5.41, 5.74) is 0. The molecule has 2 aromatic heterocycles. The second kappa shape index (κ2) is 6.26. The summed E-state index contributed by atoms with van der Waals surface area (Å²) >= 11 is 1.13. The van der Waals surface area contributed by atoms with Gasteiger partial charge in [0.1, 0.15) is 18.6 Å². The van der Waals surface area contributed by atoms with Gasteiger partial charge < -0.3 is 13.9 Å². The lowest BCUT2D eigenvalue weighted by molar-refractivity contribution is -0.157. The summed E-state index contributed by atoms with van der Waals surface area (Å²) in [7, 11) is 0. The summed E-state index contributed by atoms with van der Waals surface area (Å²) in [5.74, 6) is 0.183. The maximum absolute atomic E-state index is 12.4. The summed E-state index contributed by atoms with van der Waals surface area (Å²) in [6.45, 7) is -0.709. The molecule has 10 heteroatoms. The van der Waals surface area contributed by atoms with Crippen molar-refractivity contribution >= 4 is 17.7 Å². The lowest BCUT2D eigenvalue weighted by Gasteiger charge is -2.18. The van der Waals surface area contributed by atoms with Crippen LogP contribution in [-0.2, 0) is 11.3 Å². The predicted molar refractivity (Wildman–Crippen MR) is 74.7 cm³/mol. The molecule has 0 spiro atoms. The SMILES string of the molecule is O=C1C(Sc2nncn2Cc2ccco2)CCN1CC(F)(F)F. The van der Waals surface area contributed by atoms with Gasteiger partial charge in [-0.3, -0.25) is 4.79 Å². The van der Waals surface area contributed by atoms with Crippen LogP contribution in [0.3, 0.4) is 0 Å². The normalized spacial score (nSPS) is 18.8. The molecule has 1 fully saturated rings. The highest BCUT2D eigenvalue weighted by Crippen LogP contribution is 2.31. The second-order valence-corrected chi connectivity index (χ2v) is 6.26. The molecule has 1 atom stereocenters. The molecular weight excluding hydrogens is 333 g/mol. The number of amides is 1. The van der Waals surface area contributed by atoms with Crippen molar-refractivity contribution in [2.45, 2.75) is 29.5 Å². The van der Waals surface area contributed by atoms with Gasteiger partial charge in [-0.15, -0.1) is 10.2 Å². The number of carbonyl (C=O) groups is 1. The Morgan fingerprint density at radius 1 is 1.43 bits per heavy atom. The van der Waals surface area contributed by atoms with Crippen LogP contribution in [0.2, 0.25) is 0 Å². The number of hydrogen-bond donors (Lipinski definition) is 0. The van der Waals surface area contributed by atoms with Gasteiger partial charge in [-0.25, -0.2) is 0 Å². The van der Waals surface area contributed by atoms with Crippen LogP contribution < -0.4 is 0 Å². The fourth-order valence-corrected chi connectivity index (χ4v) is 3.40. The van der Waals surface area contributed by atoms with Crippen molar-refractivity contribution in [1.82, 2.24) is 19.7 Å². The van der Waals surface area contributed by atoms with Gasteiger partial charge in [0, 0.05) is 6.54 Å². The Labute approximate surface area is 133 Å². The van der Waals surface area contributed by atoms with Crippen LogP contribution in [0.1, 0.15) is 12.2 Å². The minimum atomic E-state index is -4.38. The first-order chi connectivity index (χ1) is 10.9. The molecule has 23 heavy (non-hydrogen) atoms. The quantitative estimate of drug-likeness (QED) is 0.830. The molecule has 2 aromatic rings. The molecular formula is C13H13F3N4O2S. The van der Waals surface area contributed by atoms with Crippen molar-refractivity contribution in [3.05, 3.63) is 30.5 Å². The van der Waals surface area contributed by atoms with Crippen LogP contribution >= 0.6 is 11.8 Å². The fourth-order valence-electron chi connectivity index (χ4n) is 2.33. The Morgan fingerprint density at radius 3 is 2.96 bits per heavy atom. The minimum Gasteiger partial charge on any atom is -0.467 e. The van der Waals surface area contributed by atoms with Crippen molar-refractivity contribution in [2.75, 3.05) is 13.1 Å². The molecule has 0 saturated carbocycles. The maximum atomic E-state index is 12.4. The van der Waals surface area contributed by atoms with Gasteiger partial charge in [-0.2, -0.15) is 13.2 Å². The first-order valence-electron chi connectivity index (χ1n) is 6.85. The van der Waals surface area contributed by atoms with Crippen LogP contribution in [0.25, 0.3) is 0 Å². The largest absolute Gasteiger partial charge is 0.467 e. The third-order valence-corrected chi connectivity index (χ3v) is 4.60. The van der Waals surface area contributed by atoms with E-state index in [1.54, 1.807) is 23.0 Å². The van der Waals surface area contributed by atoms with Gasteiger partial charge in [0.25, 0.3) is 0 Å². The zero-order valence-corrected chi connectivity index (χ0v) is 12.7. The summed E-state index contributed by atoms with van der Waals surface area (Å²) < 4.78 is 44.2. The van der Waals surface area contributed by atoms with Crippen LogP contribution in [0.15, 0.2) is 34.3 Å². The van der Waals surface area contributed by atoms with Gasteiger partial charge in [0.05, 0.1) is 18.1 Å². The molecule has 0 N–H and O–H groups in total. The minimum absolute atomic E-state index is 0.0995. The molecule has 3 heterocycles. The van der Waals surface area contributed by atoms with E-state index in [1.165, 1.54) is 6.33 Å². The van der Waals surface area contributed by atoms with Crippen molar-refractivity contribution in [1.29, 1.82) is 0 Å². The molecule has 124 valence electrons. The highest BCUT2D eigenvalue weighted by Gasteiger charge is 2.40. The average molecular weight is 346 g/mol. The molecule has 3 rings (SSSR count). The van der Waals surface area contributed by atoms with E-state index in [9.17, 15) is 18.0 Å². The van der Waals surface area contributed by atoms with Gasteiger partial charge in [-0.1, -0.05) is 11.8 Å². The number of hydrogen-bond acceptors (Lipinski definition) is 5. The van der Waals surface area contributed by atoms with Crippen LogP contribution in [0.4, 0.5) is 13.2 Å². The fraction of sp³-hybridized carbons (Fsp3) is 0.462. The number of carbonyl (C=O) groups excluding carboxylic acids is 1. The first-order valence-corrected chi connectivity index (χ1v) is 7.73. The summed E-state index contributed by atoms with van der Waals surface area (Å²) in [4.78, 5) is 12.9. The summed E-state index contributed by atoms with van der Waals surface area (Å²) in [6.07, 6.45) is -0.985. The van der Waals surface area contributed by atoms with E-state index in [4.69, 9.17) is 4.42 Å². The lowest BCUT2D eigenvalue weighted by atomic mass is 10.4. The standard InChI is InChI=1S/C13H13F3N4O2S/c14-13(15,16)7-19-4-3-10(11(19)21)23-12-18-17-8-20(12)6-9-2-1-5-22-9/h1-2,5,8,10H,3-4,6-7H2. The summed E-state index contributed by atoms with van der Waals surface area (Å²) in [6, 6.07) is 3.54. The molecule has 0 aliphatic carbocycles. The van der Waals surface area contributed by atoms with E-state index in [1.807, 2.05) is 0 Å². The molecule has 1 amide bonds. The number of aromatic nitrogens is 3. The zero-order chi connectivity index (χ0) is 16.4. The molecule has 0 bridgehead atoms. The van der Waals surface area contributed by atoms with Gasteiger partial charge >= 0.3 is 6.18 Å². The lowest BCUT2D eigenvalue weighted by Crippen LogP contribution is -2.36. The molecule has 1 aliphatic rings. The Balaban J connectivity index is 1.64. The van der Waals surface area contributed by atoms with Crippen molar-refractivity contribution in [3.63, 3.8) is 0 Å². The van der Waals surface area contributed by atoms with Gasteiger partial charge in [-0.05, 0) is 18.6 Å². The van der Waals surface area contributed by atoms with E-state index >= 15 is 0 Å². The Morgan fingerprint density at radius 2 is 2.26 bits per heavy atom. The van der Waals surface area contributed by atoms with Crippen LogP contribution in [0, 0.1) is 0 Å². The third-order valence-electron chi connectivity index (χ3n) is 3.35. The second-order valence-electron chi connectivity index (χ2n) is 5.09. The smallest absolute Gasteiger partial charge is 0.406 e. The van der Waals surface area contributed by atoms with E-state index in [2.05, 4.69) is 10.2 Å². The van der Waals surface area contributed by atoms with Crippen LogP contribution in [0.5, 0.6) is 0 Å². The highest BCUT2D eigenvalue weighted by atomic mass is 32.2. The number of furan rings is 1. The monoisotopic (exact) mass is 346 g/mol. The molecule has 1 unspecified atom stereocenters. The van der Waals surface area contributed by atoms with E-state index in [0.29, 0.717) is 23.9 Å². The predicted octanol–water partition coefficient (Wildman–Crippen LogP) is 2.17. The molecule has 1 saturated heterocycles. The van der Waals surface area contributed by atoms with Gasteiger partial charge in [0.15, 0.2) is 5.16 Å². The number of thioether (sulfide) groups is 1. The molecule has 6 nitrogen and oxygen atoms in total. The molecule has 1 aliphatic heterocycles. The number of alkyl halides is 3. The first kappa shape index (κ1) is 15.9. The van der Waals surface area contributed by atoms with Crippen molar-refractivity contribution < 1.29 is 22.4 Å². The molecule has 0 radical (unpaired) electrons. The average Bonchev–Trinajstić information content (AvgIpc) is 3.18. The zero-order valence-electron chi connectivity index (χ0n) is 11.9. The maximum Gasteiger partial charge on any atom is 0.406 e. The number of rotatable bonds is 5. The van der Waals surface area contributed by atoms with Crippen molar-refractivity contribution in [2.24, 2.45) is 0 Å². The summed E-state index contributed by atoms with van der Waals surface area (Å²) in [5, 5.41) is 7.64. The number of likely N-dealkylation sites (tertiary alicyclic amines) is 1. The van der Waals surface area contributed by atoms with Gasteiger partial charge in [0.2, 0.25) is 5.91 Å². The topological polar surface area (TPSA) is 64.2 Å². The number of halogens is 3. The van der Waals surface area contributed by atoms with Crippen molar-refractivity contribution in [3.8, 4) is 0 Å². The van der Waals surface area contributed by atoms with E-state index in [0.717, 1.165) is 16.7 Å². The van der Waals surface area contributed by atoms with Crippen LogP contribution in [-0.4, -0.2) is 50.1 Å². The molecule has 0 aromatic carbocycles. The highest BCUT2D eigenvalue weighted by molar-refractivity contribution is 8.00. The number of nitrogens with zero attached hydrogens (tertiary/aromatic N) is 4. The Bertz CT molecular complexity index is 671. The Kier molecular flexibility index (Phi) is 4.33. The Hall–Kier alpha value is -1.97. The van der Waals surface area contributed by atoms with E-state index < -0.39 is 23.9 Å².